The van der Waals surface area contributed by atoms with E-state index in [2.05, 4.69) is 11.1 Å². The van der Waals surface area contributed by atoms with Crippen molar-refractivity contribution in [3.05, 3.63) is 23.9 Å². The lowest BCUT2D eigenvalue weighted by Gasteiger charge is -2.18. The first-order chi connectivity index (χ1) is 6.83. The van der Waals surface area contributed by atoms with Crippen molar-refractivity contribution in [1.82, 2.24) is 4.98 Å². The Balaban J connectivity index is 1.89. The van der Waals surface area contributed by atoms with Crippen LogP contribution in [-0.2, 0) is 4.74 Å². The Bertz CT molecular complexity index is 353. The second-order valence-corrected chi connectivity index (χ2v) is 4.23. The van der Waals surface area contributed by atoms with E-state index in [0.717, 1.165) is 6.42 Å². The summed E-state index contributed by atoms with van der Waals surface area (Å²) in [4.78, 5) is 4.01. The smallest absolute Gasteiger partial charge is 0.123 e. The molecule has 14 heavy (non-hydrogen) atoms. The van der Waals surface area contributed by atoms with Crippen molar-refractivity contribution in [1.29, 1.82) is 0 Å². The molecule has 0 unspecified atom stereocenters. The van der Waals surface area contributed by atoms with Crippen LogP contribution in [0.4, 0.5) is 5.82 Å². The van der Waals surface area contributed by atoms with E-state index >= 15 is 0 Å². The molecule has 0 saturated carbocycles. The highest BCUT2D eigenvalue weighted by Gasteiger charge is 2.41. The average Bonchev–Trinajstić information content (AvgIpc) is 2.78. The van der Waals surface area contributed by atoms with Gasteiger partial charge in [-0.2, -0.15) is 0 Å². The summed E-state index contributed by atoms with van der Waals surface area (Å²) in [5.74, 6) is 1.17. The molecule has 3 rings (SSSR count). The Labute approximate surface area is 83.3 Å². The highest BCUT2D eigenvalue weighted by molar-refractivity contribution is 5.35. The van der Waals surface area contributed by atoms with Gasteiger partial charge in [0.1, 0.15) is 5.82 Å². The number of nitrogens with two attached hydrogens (primary N) is 1. The van der Waals surface area contributed by atoms with Crippen molar-refractivity contribution >= 4 is 5.82 Å². The summed E-state index contributed by atoms with van der Waals surface area (Å²) < 4.78 is 5.82. The molecule has 0 aromatic carbocycles. The average molecular weight is 190 g/mol. The number of pyridine rings is 1. The number of fused-ring (bicyclic) bond motifs is 2. The molecule has 3 heteroatoms. The predicted octanol–water partition coefficient (Wildman–Crippen LogP) is 1.70. The fourth-order valence-electron chi connectivity index (χ4n) is 2.68. The van der Waals surface area contributed by atoms with Gasteiger partial charge in [0.15, 0.2) is 0 Å². The van der Waals surface area contributed by atoms with E-state index in [4.69, 9.17) is 10.5 Å². The Hall–Kier alpha value is -1.09. The molecule has 74 valence electrons. The van der Waals surface area contributed by atoms with Crippen molar-refractivity contribution < 1.29 is 4.74 Å². The quantitative estimate of drug-likeness (QED) is 0.733. The summed E-state index contributed by atoms with van der Waals surface area (Å²) in [6.07, 6.45) is 6.32. The predicted molar refractivity (Wildman–Crippen MR) is 53.9 cm³/mol. The Morgan fingerprint density at radius 2 is 2.36 bits per heavy atom. The summed E-state index contributed by atoms with van der Waals surface area (Å²) in [6.45, 7) is 0. The molecule has 2 fully saturated rings. The van der Waals surface area contributed by atoms with E-state index in [0.29, 0.717) is 23.9 Å². The first kappa shape index (κ1) is 8.24. The normalized spacial score (nSPS) is 35.0. The maximum Gasteiger partial charge on any atom is 0.123 e. The zero-order valence-electron chi connectivity index (χ0n) is 8.02. The lowest BCUT2D eigenvalue weighted by Crippen LogP contribution is -2.14. The van der Waals surface area contributed by atoms with Gasteiger partial charge in [0.05, 0.1) is 12.2 Å². The van der Waals surface area contributed by atoms with Gasteiger partial charge in [-0.15, -0.1) is 0 Å². The van der Waals surface area contributed by atoms with Gasteiger partial charge < -0.3 is 10.5 Å². The second kappa shape index (κ2) is 2.95. The lowest BCUT2D eigenvalue weighted by atomic mass is 9.84. The van der Waals surface area contributed by atoms with Crippen LogP contribution in [0.15, 0.2) is 18.3 Å². The van der Waals surface area contributed by atoms with Crippen LogP contribution in [0.2, 0.25) is 0 Å². The number of hydrogen-bond acceptors (Lipinski definition) is 3. The summed E-state index contributed by atoms with van der Waals surface area (Å²) >= 11 is 0. The highest BCUT2D eigenvalue weighted by Crippen LogP contribution is 2.44. The number of ether oxygens (including phenoxy) is 1. The third-order valence-corrected chi connectivity index (χ3v) is 3.34. The maximum absolute atomic E-state index is 5.82. The van der Waals surface area contributed by atoms with Crippen LogP contribution in [-0.4, -0.2) is 17.2 Å². The summed E-state index contributed by atoms with van der Waals surface area (Å²) in [7, 11) is 0. The Morgan fingerprint density at radius 3 is 3.00 bits per heavy atom. The number of nitrogen functional groups attached to an aromatic ring is 1. The molecule has 2 N–H and O–H groups in total. The van der Waals surface area contributed by atoms with Gasteiger partial charge in [-0.05, 0) is 37.0 Å². The first-order valence-corrected chi connectivity index (χ1v) is 5.20. The molecule has 1 aromatic heterocycles. The van der Waals surface area contributed by atoms with Crippen molar-refractivity contribution in [3.8, 4) is 0 Å². The number of hydrogen-bond donors (Lipinski definition) is 1. The van der Waals surface area contributed by atoms with E-state index in [9.17, 15) is 0 Å². The van der Waals surface area contributed by atoms with Crippen LogP contribution in [0.5, 0.6) is 0 Å². The zero-order chi connectivity index (χ0) is 9.54. The number of nitrogens with zero attached hydrogens (tertiary/aromatic N) is 1. The molecule has 3 atom stereocenters. The van der Waals surface area contributed by atoms with Gasteiger partial charge in [-0.25, -0.2) is 4.98 Å². The van der Waals surface area contributed by atoms with Crippen molar-refractivity contribution in [2.45, 2.75) is 37.4 Å². The topological polar surface area (TPSA) is 48.1 Å². The van der Waals surface area contributed by atoms with E-state index < -0.39 is 0 Å². The van der Waals surface area contributed by atoms with Crippen LogP contribution < -0.4 is 5.73 Å². The number of anilines is 1. The molecule has 3 nitrogen and oxygen atoms in total. The molecule has 0 radical (unpaired) electrons. The molecule has 0 aliphatic carbocycles. The van der Waals surface area contributed by atoms with Crippen LogP contribution in [0, 0.1) is 0 Å². The maximum atomic E-state index is 5.82. The highest BCUT2D eigenvalue weighted by atomic mass is 16.5. The van der Waals surface area contributed by atoms with Gasteiger partial charge in [-0.1, -0.05) is 0 Å². The minimum Gasteiger partial charge on any atom is -0.384 e. The van der Waals surface area contributed by atoms with E-state index in [1.165, 1.54) is 18.4 Å². The van der Waals surface area contributed by atoms with E-state index in [1.807, 2.05) is 6.07 Å². The molecular weight excluding hydrogens is 176 g/mol. The Morgan fingerprint density at radius 1 is 1.43 bits per heavy atom. The molecular formula is C11H14N2O. The Kier molecular flexibility index (Phi) is 1.74. The lowest BCUT2D eigenvalue weighted by molar-refractivity contribution is 0.101. The third-order valence-electron chi connectivity index (χ3n) is 3.34. The second-order valence-electron chi connectivity index (χ2n) is 4.23. The van der Waals surface area contributed by atoms with E-state index in [-0.39, 0.29) is 0 Å². The molecule has 0 spiro atoms. The van der Waals surface area contributed by atoms with Crippen molar-refractivity contribution in [3.63, 3.8) is 0 Å². The monoisotopic (exact) mass is 190 g/mol. The van der Waals surface area contributed by atoms with Gasteiger partial charge in [0, 0.05) is 12.1 Å². The van der Waals surface area contributed by atoms with Gasteiger partial charge in [0.2, 0.25) is 0 Å². The van der Waals surface area contributed by atoms with Gasteiger partial charge in [-0.3, -0.25) is 0 Å². The van der Waals surface area contributed by atoms with Crippen molar-refractivity contribution in [2.75, 3.05) is 5.73 Å². The molecule has 2 saturated heterocycles. The molecule has 0 amide bonds. The fraction of sp³-hybridized carbons (Fsp3) is 0.545. The van der Waals surface area contributed by atoms with Crippen molar-refractivity contribution in [2.24, 2.45) is 0 Å². The largest absolute Gasteiger partial charge is 0.384 e. The first-order valence-electron chi connectivity index (χ1n) is 5.20. The van der Waals surface area contributed by atoms with Crippen LogP contribution >= 0.6 is 0 Å². The van der Waals surface area contributed by atoms with Gasteiger partial charge in [0.25, 0.3) is 0 Å². The summed E-state index contributed by atoms with van der Waals surface area (Å²) in [5.41, 5.74) is 6.97. The van der Waals surface area contributed by atoms with Crippen LogP contribution in [0.3, 0.4) is 0 Å². The fourth-order valence-corrected chi connectivity index (χ4v) is 2.68. The minimum absolute atomic E-state index is 0.432. The van der Waals surface area contributed by atoms with Crippen LogP contribution in [0.1, 0.15) is 30.7 Å². The standard InChI is InChI=1S/C11H14N2O/c12-11-5-7(3-4-13-11)9-6-8-1-2-10(9)14-8/h3-5,8-10H,1-2,6H2,(H2,12,13)/t8-,9+,10+/m1/s1. The minimum atomic E-state index is 0.432. The molecule has 3 heterocycles. The summed E-state index contributed by atoms with van der Waals surface area (Å²) in [5, 5.41) is 0. The molecule has 1 aromatic rings. The van der Waals surface area contributed by atoms with E-state index in [1.54, 1.807) is 6.20 Å². The molecule has 2 bridgehead atoms. The van der Waals surface area contributed by atoms with Gasteiger partial charge >= 0.3 is 0 Å². The molecule has 2 aliphatic rings. The number of rotatable bonds is 1. The zero-order valence-corrected chi connectivity index (χ0v) is 8.02. The van der Waals surface area contributed by atoms with Crippen LogP contribution in [0.25, 0.3) is 0 Å². The third kappa shape index (κ3) is 1.20. The number of aromatic nitrogens is 1. The summed E-state index contributed by atoms with van der Waals surface area (Å²) in [6, 6.07) is 4.04. The molecule has 2 aliphatic heterocycles. The SMILES string of the molecule is Nc1cc([C@@H]2C[C@H]3CC[C@@H]2O3)ccn1.